The molecular weight excluding hydrogens is 290 g/mol. The molecular formula is C16H24F2N2O2. The summed E-state index contributed by atoms with van der Waals surface area (Å²) < 4.78 is 32.1. The van der Waals surface area contributed by atoms with Gasteiger partial charge in [0.25, 0.3) is 0 Å². The summed E-state index contributed by atoms with van der Waals surface area (Å²) in [5.74, 6) is -1.09. The predicted octanol–water partition coefficient (Wildman–Crippen LogP) is 1.87. The van der Waals surface area contributed by atoms with Crippen LogP contribution in [0, 0.1) is 11.6 Å². The molecule has 0 bridgehead atoms. The van der Waals surface area contributed by atoms with E-state index in [-0.39, 0.29) is 6.10 Å². The zero-order chi connectivity index (χ0) is 16.1. The predicted molar refractivity (Wildman–Crippen MR) is 82.1 cm³/mol. The van der Waals surface area contributed by atoms with Crippen LogP contribution >= 0.6 is 0 Å². The molecule has 0 radical (unpaired) electrons. The van der Waals surface area contributed by atoms with Crippen molar-refractivity contribution in [3.63, 3.8) is 0 Å². The Hall–Kier alpha value is -1.24. The Kier molecular flexibility index (Phi) is 6.11. The Morgan fingerprint density at radius 1 is 1.18 bits per heavy atom. The van der Waals surface area contributed by atoms with Crippen molar-refractivity contribution >= 4 is 5.69 Å². The number of piperazine rings is 1. The van der Waals surface area contributed by atoms with Crippen LogP contribution in [0.4, 0.5) is 14.5 Å². The van der Waals surface area contributed by atoms with E-state index in [0.717, 1.165) is 19.2 Å². The number of β-amino-alcohol motifs (C(OH)–C–C–N with tert-alkyl or cyclic N) is 1. The lowest BCUT2D eigenvalue weighted by atomic mass is 10.2. The van der Waals surface area contributed by atoms with Gasteiger partial charge >= 0.3 is 0 Å². The third-order valence-corrected chi connectivity index (χ3v) is 3.71. The van der Waals surface area contributed by atoms with E-state index in [1.54, 1.807) is 0 Å². The maximum atomic E-state index is 13.8. The highest BCUT2D eigenvalue weighted by Gasteiger charge is 2.21. The number of hydrogen-bond donors (Lipinski definition) is 1. The molecule has 124 valence electrons. The lowest BCUT2D eigenvalue weighted by molar-refractivity contribution is -0.00900. The summed E-state index contributed by atoms with van der Waals surface area (Å²) in [7, 11) is 0. The molecule has 1 aromatic carbocycles. The van der Waals surface area contributed by atoms with Crippen molar-refractivity contribution < 1.29 is 18.6 Å². The number of aliphatic hydroxyl groups excluding tert-OH is 1. The highest BCUT2D eigenvalue weighted by molar-refractivity contribution is 5.48. The van der Waals surface area contributed by atoms with E-state index >= 15 is 0 Å². The number of hydrogen-bond acceptors (Lipinski definition) is 4. The molecule has 2 rings (SSSR count). The summed E-state index contributed by atoms with van der Waals surface area (Å²) in [6.07, 6.45) is -0.413. The van der Waals surface area contributed by atoms with Gasteiger partial charge in [0, 0.05) is 38.8 Å². The van der Waals surface area contributed by atoms with Crippen LogP contribution in [0.2, 0.25) is 0 Å². The van der Waals surface area contributed by atoms with Gasteiger partial charge in [-0.25, -0.2) is 8.78 Å². The average Bonchev–Trinajstić information content (AvgIpc) is 2.46. The first-order valence-corrected chi connectivity index (χ1v) is 7.67. The second kappa shape index (κ2) is 7.85. The third kappa shape index (κ3) is 4.90. The molecule has 1 fully saturated rings. The van der Waals surface area contributed by atoms with Gasteiger partial charge in [-0.3, -0.25) is 4.90 Å². The van der Waals surface area contributed by atoms with Gasteiger partial charge in [0.05, 0.1) is 24.5 Å². The summed E-state index contributed by atoms with van der Waals surface area (Å²) in [6.45, 7) is 7.51. The number of benzene rings is 1. The molecule has 0 amide bonds. The van der Waals surface area contributed by atoms with E-state index in [0.29, 0.717) is 31.9 Å². The molecule has 1 saturated heterocycles. The molecule has 1 heterocycles. The number of halogens is 2. The molecule has 1 N–H and O–H groups in total. The maximum Gasteiger partial charge on any atom is 0.149 e. The Balaban J connectivity index is 1.80. The van der Waals surface area contributed by atoms with Gasteiger partial charge in [0.1, 0.15) is 11.6 Å². The fourth-order valence-corrected chi connectivity index (χ4v) is 2.56. The van der Waals surface area contributed by atoms with E-state index in [9.17, 15) is 13.9 Å². The van der Waals surface area contributed by atoms with E-state index in [2.05, 4.69) is 4.90 Å². The molecule has 4 nitrogen and oxygen atoms in total. The first-order chi connectivity index (χ1) is 10.5. The summed E-state index contributed by atoms with van der Waals surface area (Å²) in [4.78, 5) is 4.04. The first kappa shape index (κ1) is 17.1. The van der Waals surface area contributed by atoms with Gasteiger partial charge in [-0.05, 0) is 26.0 Å². The number of anilines is 1. The molecule has 0 saturated carbocycles. The molecule has 1 aliphatic heterocycles. The van der Waals surface area contributed by atoms with Crippen LogP contribution in [0.1, 0.15) is 13.8 Å². The largest absolute Gasteiger partial charge is 0.389 e. The van der Waals surface area contributed by atoms with Crippen molar-refractivity contribution in [2.45, 2.75) is 26.1 Å². The Bertz CT molecular complexity index is 477. The van der Waals surface area contributed by atoms with Crippen LogP contribution in [0.5, 0.6) is 0 Å². The molecule has 1 aromatic rings. The highest BCUT2D eigenvalue weighted by atomic mass is 19.1. The SMILES string of the molecule is CC(C)OCC(O)CN1CCN(c2ccc(F)cc2F)CC1. The van der Waals surface area contributed by atoms with Crippen LogP contribution in [0.25, 0.3) is 0 Å². The normalized spacial score (nSPS) is 18.0. The number of aliphatic hydroxyl groups is 1. The molecule has 0 spiro atoms. The van der Waals surface area contributed by atoms with E-state index in [1.807, 2.05) is 18.7 Å². The molecule has 1 unspecified atom stereocenters. The maximum absolute atomic E-state index is 13.8. The van der Waals surface area contributed by atoms with Gasteiger partial charge in [-0.1, -0.05) is 0 Å². The topological polar surface area (TPSA) is 35.9 Å². The zero-order valence-electron chi connectivity index (χ0n) is 13.1. The second-order valence-electron chi connectivity index (χ2n) is 5.92. The van der Waals surface area contributed by atoms with Crippen molar-refractivity contribution in [2.24, 2.45) is 0 Å². The van der Waals surface area contributed by atoms with Gasteiger partial charge < -0.3 is 14.7 Å². The van der Waals surface area contributed by atoms with E-state index in [4.69, 9.17) is 4.74 Å². The number of nitrogens with zero attached hydrogens (tertiary/aromatic N) is 2. The quantitative estimate of drug-likeness (QED) is 0.870. The summed E-state index contributed by atoms with van der Waals surface area (Å²) in [6, 6.07) is 3.66. The van der Waals surface area contributed by atoms with Crippen LogP contribution in [0.3, 0.4) is 0 Å². The van der Waals surface area contributed by atoms with Gasteiger partial charge in [0.15, 0.2) is 0 Å². The lowest BCUT2D eigenvalue weighted by Crippen LogP contribution is -2.49. The molecule has 0 aromatic heterocycles. The Morgan fingerprint density at radius 3 is 2.45 bits per heavy atom. The average molecular weight is 314 g/mol. The van der Waals surface area contributed by atoms with Crippen molar-refractivity contribution in [3.05, 3.63) is 29.8 Å². The van der Waals surface area contributed by atoms with Crippen molar-refractivity contribution in [3.8, 4) is 0 Å². The highest BCUT2D eigenvalue weighted by Crippen LogP contribution is 2.21. The Labute approximate surface area is 130 Å². The summed E-state index contributed by atoms with van der Waals surface area (Å²) in [5.41, 5.74) is 0.435. The van der Waals surface area contributed by atoms with Crippen LogP contribution < -0.4 is 4.90 Å². The number of rotatable bonds is 6. The molecule has 22 heavy (non-hydrogen) atoms. The molecule has 1 aliphatic rings. The smallest absolute Gasteiger partial charge is 0.149 e. The second-order valence-corrected chi connectivity index (χ2v) is 5.92. The van der Waals surface area contributed by atoms with Gasteiger partial charge in [0.2, 0.25) is 0 Å². The van der Waals surface area contributed by atoms with E-state index < -0.39 is 17.7 Å². The van der Waals surface area contributed by atoms with Crippen LogP contribution in [0.15, 0.2) is 18.2 Å². The minimum atomic E-state index is -0.562. The monoisotopic (exact) mass is 314 g/mol. The molecule has 6 heteroatoms. The lowest BCUT2D eigenvalue weighted by Gasteiger charge is -2.37. The molecule has 1 atom stereocenters. The fraction of sp³-hybridized carbons (Fsp3) is 0.625. The fourth-order valence-electron chi connectivity index (χ4n) is 2.56. The van der Waals surface area contributed by atoms with Crippen molar-refractivity contribution in [2.75, 3.05) is 44.2 Å². The van der Waals surface area contributed by atoms with Crippen LogP contribution in [-0.2, 0) is 4.74 Å². The summed E-state index contributed by atoms with van der Waals surface area (Å²) >= 11 is 0. The standard InChI is InChI=1S/C16H24F2N2O2/c1-12(2)22-11-14(21)10-19-5-7-20(8-6-19)16-4-3-13(17)9-15(16)18/h3-4,9,12,14,21H,5-8,10-11H2,1-2H3. The first-order valence-electron chi connectivity index (χ1n) is 7.67. The Morgan fingerprint density at radius 2 is 1.86 bits per heavy atom. The minimum absolute atomic E-state index is 0.105. The van der Waals surface area contributed by atoms with Gasteiger partial charge in [-0.15, -0.1) is 0 Å². The third-order valence-electron chi connectivity index (χ3n) is 3.71. The van der Waals surface area contributed by atoms with Crippen molar-refractivity contribution in [1.29, 1.82) is 0 Å². The van der Waals surface area contributed by atoms with Crippen molar-refractivity contribution in [1.82, 2.24) is 4.90 Å². The zero-order valence-corrected chi connectivity index (χ0v) is 13.1. The van der Waals surface area contributed by atoms with Crippen LogP contribution in [-0.4, -0.2) is 61.5 Å². The van der Waals surface area contributed by atoms with Gasteiger partial charge in [-0.2, -0.15) is 0 Å². The summed E-state index contributed by atoms with van der Waals surface area (Å²) in [5, 5.41) is 9.93. The minimum Gasteiger partial charge on any atom is -0.389 e. The molecule has 0 aliphatic carbocycles. The van der Waals surface area contributed by atoms with E-state index in [1.165, 1.54) is 12.1 Å². The number of ether oxygens (including phenoxy) is 1.